The van der Waals surface area contributed by atoms with Crippen LogP contribution in [0.2, 0.25) is 0 Å². The number of alkyl halides is 1. The van der Waals surface area contributed by atoms with E-state index in [9.17, 15) is 0 Å². The predicted octanol–water partition coefficient (Wildman–Crippen LogP) is 2.61. The molecule has 0 amide bonds. The average Bonchev–Trinajstić information content (AvgIpc) is 2.83. The fourth-order valence-electron chi connectivity index (χ4n) is 1.51. The van der Waals surface area contributed by atoms with Crippen LogP contribution >= 0.6 is 11.6 Å². The van der Waals surface area contributed by atoms with Gasteiger partial charge in [-0.1, -0.05) is 5.16 Å². The van der Waals surface area contributed by atoms with E-state index in [1.54, 1.807) is 6.20 Å². The van der Waals surface area contributed by atoms with Crippen LogP contribution in [0.4, 0.5) is 0 Å². The van der Waals surface area contributed by atoms with Crippen LogP contribution in [-0.4, -0.2) is 14.9 Å². The highest BCUT2D eigenvalue weighted by atomic mass is 35.5. The molecule has 0 aliphatic heterocycles. The summed E-state index contributed by atoms with van der Waals surface area (Å²) in [6.07, 6.45) is 1.79. The minimum Gasteiger partial charge on any atom is -0.356 e. The first kappa shape index (κ1) is 10.2. The van der Waals surface area contributed by atoms with Gasteiger partial charge in [0.1, 0.15) is 0 Å². The van der Waals surface area contributed by atoms with Gasteiger partial charge in [0.15, 0.2) is 5.76 Å². The molecule has 4 nitrogen and oxygen atoms in total. The summed E-state index contributed by atoms with van der Waals surface area (Å²) in [5.41, 5.74) is 2.80. The number of hydrogen-bond acceptors (Lipinski definition) is 3. The van der Waals surface area contributed by atoms with Gasteiger partial charge in [0, 0.05) is 18.3 Å². The maximum absolute atomic E-state index is 5.66. The molecule has 0 aromatic carbocycles. The Morgan fingerprint density at radius 2 is 2.33 bits per heavy atom. The lowest BCUT2D eigenvalue weighted by Crippen LogP contribution is -1.98. The van der Waals surface area contributed by atoms with Crippen molar-refractivity contribution in [2.24, 2.45) is 0 Å². The highest BCUT2D eigenvalue weighted by Gasteiger charge is 2.12. The standard InChI is InChI=1S/C10H12ClN3O/c1-3-14-7(2)9(6-12-14)10-4-8(5-11)13-15-10/h4,6H,3,5H2,1-2H3. The van der Waals surface area contributed by atoms with Crippen molar-refractivity contribution >= 4 is 11.6 Å². The number of halogens is 1. The molecule has 2 aromatic rings. The van der Waals surface area contributed by atoms with Gasteiger partial charge in [0.05, 0.1) is 23.3 Å². The third-order valence-electron chi connectivity index (χ3n) is 2.36. The molecular formula is C10H12ClN3O. The van der Waals surface area contributed by atoms with E-state index >= 15 is 0 Å². The first-order valence-electron chi connectivity index (χ1n) is 4.80. The topological polar surface area (TPSA) is 43.9 Å². The van der Waals surface area contributed by atoms with Crippen molar-refractivity contribution in [1.82, 2.24) is 14.9 Å². The van der Waals surface area contributed by atoms with Gasteiger partial charge < -0.3 is 4.52 Å². The number of aromatic nitrogens is 3. The monoisotopic (exact) mass is 225 g/mol. The Bertz CT molecular complexity index is 461. The Hall–Kier alpha value is -1.29. The molecule has 0 saturated carbocycles. The fourth-order valence-corrected chi connectivity index (χ4v) is 1.63. The van der Waals surface area contributed by atoms with Crippen molar-refractivity contribution in [2.45, 2.75) is 26.3 Å². The molecule has 2 heterocycles. The molecule has 0 radical (unpaired) electrons. The van der Waals surface area contributed by atoms with Crippen molar-refractivity contribution in [2.75, 3.05) is 0 Å². The van der Waals surface area contributed by atoms with Crippen LogP contribution in [0.15, 0.2) is 16.8 Å². The zero-order valence-corrected chi connectivity index (χ0v) is 9.45. The van der Waals surface area contributed by atoms with Gasteiger partial charge in [0.2, 0.25) is 0 Å². The molecule has 2 rings (SSSR count). The molecule has 0 saturated heterocycles. The first-order valence-corrected chi connectivity index (χ1v) is 5.34. The van der Waals surface area contributed by atoms with Gasteiger partial charge in [-0.3, -0.25) is 4.68 Å². The molecule has 0 atom stereocenters. The number of aryl methyl sites for hydroxylation is 1. The summed E-state index contributed by atoms with van der Waals surface area (Å²) in [7, 11) is 0. The molecule has 0 bridgehead atoms. The van der Waals surface area contributed by atoms with Gasteiger partial charge in [-0.05, 0) is 13.8 Å². The van der Waals surface area contributed by atoms with Gasteiger partial charge in [0.25, 0.3) is 0 Å². The van der Waals surface area contributed by atoms with Crippen LogP contribution in [0.3, 0.4) is 0 Å². The van der Waals surface area contributed by atoms with E-state index in [0.717, 1.165) is 29.3 Å². The SMILES string of the molecule is CCn1ncc(-c2cc(CCl)no2)c1C. The molecule has 15 heavy (non-hydrogen) atoms. The van der Waals surface area contributed by atoms with Gasteiger partial charge in [-0.15, -0.1) is 11.6 Å². The lowest BCUT2D eigenvalue weighted by atomic mass is 10.2. The van der Waals surface area contributed by atoms with E-state index in [1.807, 2.05) is 24.6 Å². The largest absolute Gasteiger partial charge is 0.356 e. The molecular weight excluding hydrogens is 214 g/mol. The normalized spacial score (nSPS) is 10.9. The van der Waals surface area contributed by atoms with Crippen molar-refractivity contribution in [3.8, 4) is 11.3 Å². The zero-order valence-electron chi connectivity index (χ0n) is 8.70. The van der Waals surface area contributed by atoms with E-state index < -0.39 is 0 Å². The van der Waals surface area contributed by atoms with Crippen molar-refractivity contribution in [3.05, 3.63) is 23.7 Å². The summed E-state index contributed by atoms with van der Waals surface area (Å²) < 4.78 is 7.11. The Kier molecular flexibility index (Phi) is 2.77. The van der Waals surface area contributed by atoms with E-state index in [2.05, 4.69) is 10.3 Å². The first-order chi connectivity index (χ1) is 7.26. The summed E-state index contributed by atoms with van der Waals surface area (Å²) >= 11 is 5.66. The maximum atomic E-state index is 5.66. The molecule has 5 heteroatoms. The average molecular weight is 226 g/mol. The van der Waals surface area contributed by atoms with Crippen molar-refractivity contribution in [1.29, 1.82) is 0 Å². The van der Waals surface area contributed by atoms with Crippen LogP contribution < -0.4 is 0 Å². The molecule has 80 valence electrons. The highest BCUT2D eigenvalue weighted by molar-refractivity contribution is 6.16. The quantitative estimate of drug-likeness (QED) is 0.755. The second-order valence-electron chi connectivity index (χ2n) is 3.28. The molecule has 2 aromatic heterocycles. The summed E-state index contributed by atoms with van der Waals surface area (Å²) in [4.78, 5) is 0. The lowest BCUT2D eigenvalue weighted by molar-refractivity contribution is 0.426. The third kappa shape index (κ3) is 1.77. The van der Waals surface area contributed by atoms with Crippen molar-refractivity contribution < 1.29 is 4.52 Å². The summed E-state index contributed by atoms with van der Waals surface area (Å²) in [6.45, 7) is 4.91. The Balaban J connectivity index is 2.40. The molecule has 0 aliphatic rings. The van der Waals surface area contributed by atoms with Crippen LogP contribution in [-0.2, 0) is 12.4 Å². The molecule has 0 N–H and O–H groups in total. The molecule has 0 fully saturated rings. The highest BCUT2D eigenvalue weighted by Crippen LogP contribution is 2.24. The number of nitrogens with zero attached hydrogens (tertiary/aromatic N) is 3. The van der Waals surface area contributed by atoms with E-state index in [4.69, 9.17) is 16.1 Å². The lowest BCUT2D eigenvalue weighted by Gasteiger charge is -1.98. The number of hydrogen-bond donors (Lipinski definition) is 0. The van der Waals surface area contributed by atoms with Gasteiger partial charge in [-0.25, -0.2) is 0 Å². The third-order valence-corrected chi connectivity index (χ3v) is 2.64. The van der Waals surface area contributed by atoms with Crippen LogP contribution in [0.1, 0.15) is 18.3 Å². The Morgan fingerprint density at radius 1 is 1.53 bits per heavy atom. The summed E-state index contributed by atoms with van der Waals surface area (Å²) in [5, 5.41) is 8.08. The van der Waals surface area contributed by atoms with E-state index in [-0.39, 0.29) is 0 Å². The summed E-state index contributed by atoms with van der Waals surface area (Å²) in [5.74, 6) is 1.09. The second kappa shape index (κ2) is 4.06. The maximum Gasteiger partial charge on any atom is 0.170 e. The van der Waals surface area contributed by atoms with E-state index in [1.165, 1.54) is 0 Å². The minimum absolute atomic E-state index is 0.366. The minimum atomic E-state index is 0.366. The molecule has 0 unspecified atom stereocenters. The summed E-state index contributed by atoms with van der Waals surface area (Å²) in [6, 6.07) is 1.84. The number of rotatable bonds is 3. The fraction of sp³-hybridized carbons (Fsp3) is 0.400. The molecule has 0 aliphatic carbocycles. The van der Waals surface area contributed by atoms with Crippen molar-refractivity contribution in [3.63, 3.8) is 0 Å². The van der Waals surface area contributed by atoms with E-state index in [0.29, 0.717) is 5.88 Å². The van der Waals surface area contributed by atoms with Crippen LogP contribution in [0.5, 0.6) is 0 Å². The molecule has 0 spiro atoms. The zero-order chi connectivity index (χ0) is 10.8. The second-order valence-corrected chi connectivity index (χ2v) is 3.54. The smallest absolute Gasteiger partial charge is 0.170 e. The Labute approximate surface area is 92.8 Å². The van der Waals surface area contributed by atoms with Crippen LogP contribution in [0, 0.1) is 6.92 Å². The van der Waals surface area contributed by atoms with Crippen LogP contribution in [0.25, 0.3) is 11.3 Å². The van der Waals surface area contributed by atoms with Gasteiger partial charge in [-0.2, -0.15) is 5.10 Å². The Morgan fingerprint density at radius 3 is 2.87 bits per heavy atom. The predicted molar refractivity (Wildman–Crippen MR) is 57.7 cm³/mol. The van der Waals surface area contributed by atoms with Gasteiger partial charge >= 0.3 is 0 Å².